The Balaban J connectivity index is 1.89. The summed E-state index contributed by atoms with van der Waals surface area (Å²) in [5.74, 6) is -0.0663. The van der Waals surface area contributed by atoms with Crippen molar-refractivity contribution in [1.82, 2.24) is 5.32 Å². The molecule has 3 heteroatoms. The number of carbonyl (C=O) groups is 1. The lowest BCUT2D eigenvalue weighted by molar-refractivity contribution is -0.117. The van der Waals surface area contributed by atoms with E-state index in [1.165, 1.54) is 6.26 Å². The van der Waals surface area contributed by atoms with E-state index >= 15 is 0 Å². The van der Waals surface area contributed by atoms with Gasteiger partial charge in [-0.1, -0.05) is 30.3 Å². The third kappa shape index (κ3) is 2.73. The largest absolute Gasteiger partial charge is 0.497 e. The number of hydrogen-bond donors (Lipinski definition) is 1. The van der Waals surface area contributed by atoms with Crippen LogP contribution in [-0.4, -0.2) is 12.5 Å². The van der Waals surface area contributed by atoms with E-state index in [1.807, 2.05) is 30.3 Å². The molecule has 0 saturated carbocycles. The Labute approximate surface area is 94.4 Å². The molecule has 0 aromatic heterocycles. The molecule has 1 amide bonds. The number of ether oxygens (including phenoxy) is 1. The zero-order valence-electron chi connectivity index (χ0n) is 8.85. The average Bonchev–Trinajstić information content (AvgIpc) is 2.38. The highest BCUT2D eigenvalue weighted by atomic mass is 16.5. The molecule has 16 heavy (non-hydrogen) atoms. The quantitative estimate of drug-likeness (QED) is 0.834. The molecular weight excluding hydrogens is 202 g/mol. The maximum Gasteiger partial charge on any atom is 0.251 e. The first-order valence-corrected chi connectivity index (χ1v) is 5.17. The van der Waals surface area contributed by atoms with Crippen LogP contribution in [0.4, 0.5) is 0 Å². The number of hydrogen-bond acceptors (Lipinski definition) is 2. The van der Waals surface area contributed by atoms with Crippen LogP contribution in [0.15, 0.2) is 54.3 Å². The van der Waals surface area contributed by atoms with Crippen LogP contribution in [-0.2, 0) is 16.1 Å². The van der Waals surface area contributed by atoms with Crippen molar-refractivity contribution in [2.45, 2.75) is 6.54 Å². The summed E-state index contributed by atoms with van der Waals surface area (Å²) >= 11 is 0. The summed E-state index contributed by atoms with van der Waals surface area (Å²) < 4.78 is 4.98. The van der Waals surface area contributed by atoms with E-state index in [1.54, 1.807) is 12.2 Å². The van der Waals surface area contributed by atoms with Crippen LogP contribution >= 0.6 is 0 Å². The molecule has 1 heterocycles. The van der Waals surface area contributed by atoms with E-state index in [0.717, 1.165) is 5.56 Å². The minimum absolute atomic E-state index is 0.0663. The van der Waals surface area contributed by atoms with Gasteiger partial charge in [0.1, 0.15) is 6.61 Å². The molecule has 0 saturated heterocycles. The minimum Gasteiger partial charge on any atom is -0.497 e. The van der Waals surface area contributed by atoms with Crippen LogP contribution in [0.25, 0.3) is 0 Å². The Morgan fingerprint density at radius 2 is 2.12 bits per heavy atom. The lowest BCUT2D eigenvalue weighted by atomic mass is 10.2. The number of rotatable bonds is 3. The maximum atomic E-state index is 11.7. The highest BCUT2D eigenvalue weighted by Crippen LogP contribution is 2.04. The lowest BCUT2D eigenvalue weighted by Crippen LogP contribution is -2.24. The first kappa shape index (κ1) is 10.5. The van der Waals surface area contributed by atoms with Gasteiger partial charge in [-0.15, -0.1) is 0 Å². The van der Waals surface area contributed by atoms with Gasteiger partial charge < -0.3 is 10.1 Å². The van der Waals surface area contributed by atoms with Gasteiger partial charge in [0, 0.05) is 12.1 Å². The van der Waals surface area contributed by atoms with E-state index in [-0.39, 0.29) is 5.91 Å². The highest BCUT2D eigenvalue weighted by molar-refractivity contribution is 5.96. The number of carbonyl (C=O) groups excluding carboxylic acids is 1. The topological polar surface area (TPSA) is 38.3 Å². The standard InChI is InChI=1S/C13H13NO2/c15-13(12-6-8-16-9-7-12)14-10-11-4-2-1-3-5-11/h1-8H,9-10H2,(H,14,15). The molecule has 0 fully saturated rings. The zero-order valence-corrected chi connectivity index (χ0v) is 8.85. The Bertz CT molecular complexity index is 421. The van der Waals surface area contributed by atoms with Crippen LogP contribution in [0.3, 0.4) is 0 Å². The molecule has 3 nitrogen and oxygen atoms in total. The monoisotopic (exact) mass is 215 g/mol. The summed E-state index contributed by atoms with van der Waals surface area (Å²) in [6, 6.07) is 9.82. The molecular formula is C13H13NO2. The van der Waals surface area contributed by atoms with Crippen molar-refractivity contribution in [3.05, 3.63) is 59.9 Å². The molecule has 1 aliphatic rings. The molecule has 1 N–H and O–H groups in total. The van der Waals surface area contributed by atoms with Gasteiger partial charge in [0.05, 0.1) is 6.26 Å². The summed E-state index contributed by atoms with van der Waals surface area (Å²) in [7, 11) is 0. The van der Waals surface area contributed by atoms with Crippen molar-refractivity contribution in [1.29, 1.82) is 0 Å². The second kappa shape index (κ2) is 5.16. The van der Waals surface area contributed by atoms with E-state index in [4.69, 9.17) is 4.74 Å². The smallest absolute Gasteiger partial charge is 0.251 e. The summed E-state index contributed by atoms with van der Waals surface area (Å²) in [4.78, 5) is 11.7. The van der Waals surface area contributed by atoms with Crippen molar-refractivity contribution >= 4 is 5.91 Å². The van der Waals surface area contributed by atoms with Gasteiger partial charge >= 0.3 is 0 Å². The summed E-state index contributed by atoms with van der Waals surface area (Å²) in [6.45, 7) is 1.01. The Morgan fingerprint density at radius 1 is 1.31 bits per heavy atom. The third-order valence-corrected chi connectivity index (χ3v) is 2.30. The van der Waals surface area contributed by atoms with Crippen LogP contribution in [0.1, 0.15) is 5.56 Å². The second-order valence-electron chi connectivity index (χ2n) is 3.46. The van der Waals surface area contributed by atoms with E-state index in [2.05, 4.69) is 5.32 Å². The summed E-state index contributed by atoms with van der Waals surface area (Å²) in [5.41, 5.74) is 1.75. The fourth-order valence-corrected chi connectivity index (χ4v) is 1.43. The third-order valence-electron chi connectivity index (χ3n) is 2.30. The SMILES string of the molecule is O=C(NCc1ccccc1)C1=CCOC=C1. The molecule has 1 aromatic rings. The molecule has 0 spiro atoms. The van der Waals surface area contributed by atoms with E-state index in [9.17, 15) is 4.79 Å². The Morgan fingerprint density at radius 3 is 2.81 bits per heavy atom. The number of nitrogens with one attached hydrogen (secondary N) is 1. The first-order chi connectivity index (χ1) is 7.86. The molecule has 0 radical (unpaired) electrons. The van der Waals surface area contributed by atoms with Crippen molar-refractivity contribution < 1.29 is 9.53 Å². The molecule has 0 unspecified atom stereocenters. The zero-order chi connectivity index (χ0) is 11.2. The van der Waals surface area contributed by atoms with Crippen LogP contribution < -0.4 is 5.32 Å². The summed E-state index contributed by atoms with van der Waals surface area (Å²) in [6.07, 6.45) is 4.97. The Kier molecular flexibility index (Phi) is 3.38. The van der Waals surface area contributed by atoms with Gasteiger partial charge in [-0.2, -0.15) is 0 Å². The van der Waals surface area contributed by atoms with Gasteiger partial charge in [0.15, 0.2) is 0 Å². The van der Waals surface area contributed by atoms with Crippen molar-refractivity contribution in [2.24, 2.45) is 0 Å². The van der Waals surface area contributed by atoms with E-state index < -0.39 is 0 Å². The van der Waals surface area contributed by atoms with Crippen LogP contribution in [0.5, 0.6) is 0 Å². The highest BCUT2D eigenvalue weighted by Gasteiger charge is 2.07. The minimum atomic E-state index is -0.0663. The van der Waals surface area contributed by atoms with E-state index in [0.29, 0.717) is 18.7 Å². The van der Waals surface area contributed by atoms with Gasteiger partial charge in [-0.25, -0.2) is 0 Å². The van der Waals surface area contributed by atoms with Crippen LogP contribution in [0.2, 0.25) is 0 Å². The summed E-state index contributed by atoms with van der Waals surface area (Å²) in [5, 5.41) is 2.85. The molecule has 1 aliphatic heterocycles. The van der Waals surface area contributed by atoms with Crippen LogP contribution in [0, 0.1) is 0 Å². The van der Waals surface area contributed by atoms with Crippen molar-refractivity contribution in [3.63, 3.8) is 0 Å². The first-order valence-electron chi connectivity index (χ1n) is 5.17. The Hall–Kier alpha value is -2.03. The number of amides is 1. The molecule has 1 aromatic carbocycles. The van der Waals surface area contributed by atoms with Gasteiger partial charge in [-0.05, 0) is 17.7 Å². The van der Waals surface area contributed by atoms with Crippen molar-refractivity contribution in [2.75, 3.05) is 6.61 Å². The predicted molar refractivity (Wildman–Crippen MR) is 61.5 cm³/mol. The van der Waals surface area contributed by atoms with Crippen molar-refractivity contribution in [3.8, 4) is 0 Å². The molecule has 0 atom stereocenters. The van der Waals surface area contributed by atoms with Gasteiger partial charge in [-0.3, -0.25) is 4.79 Å². The fraction of sp³-hybridized carbons (Fsp3) is 0.154. The molecule has 0 bridgehead atoms. The normalized spacial score (nSPS) is 13.9. The maximum absolute atomic E-state index is 11.7. The predicted octanol–water partition coefficient (Wildman–Crippen LogP) is 1.77. The molecule has 82 valence electrons. The molecule has 0 aliphatic carbocycles. The fourth-order valence-electron chi connectivity index (χ4n) is 1.43. The van der Waals surface area contributed by atoms with Gasteiger partial charge in [0.2, 0.25) is 0 Å². The van der Waals surface area contributed by atoms with Gasteiger partial charge in [0.25, 0.3) is 5.91 Å². The lowest BCUT2D eigenvalue weighted by Gasteiger charge is -2.09. The second-order valence-corrected chi connectivity index (χ2v) is 3.46. The average molecular weight is 215 g/mol. The number of benzene rings is 1. The molecule has 2 rings (SSSR count).